The Bertz CT molecular complexity index is 377. The highest BCUT2D eigenvalue weighted by Crippen LogP contribution is 2.23. The number of aromatic nitrogens is 2. The Hall–Kier alpha value is -1.36. The minimum atomic E-state index is -0.145. The van der Waals surface area contributed by atoms with Crippen molar-refractivity contribution in [1.29, 1.82) is 0 Å². The Balaban J connectivity index is 1.98. The molecule has 17 heavy (non-hydrogen) atoms. The molecule has 0 bridgehead atoms. The van der Waals surface area contributed by atoms with E-state index in [1.165, 1.54) is 0 Å². The summed E-state index contributed by atoms with van der Waals surface area (Å²) in [6, 6.07) is 2.28. The normalized spacial score (nSPS) is 23.0. The van der Waals surface area contributed by atoms with E-state index in [0.717, 1.165) is 37.3 Å². The molecule has 0 unspecified atom stereocenters. The van der Waals surface area contributed by atoms with E-state index in [9.17, 15) is 5.11 Å². The molecule has 5 heteroatoms. The van der Waals surface area contributed by atoms with Crippen LogP contribution in [0.15, 0.2) is 6.07 Å². The van der Waals surface area contributed by atoms with Gasteiger partial charge in [-0.25, -0.2) is 4.98 Å². The lowest BCUT2D eigenvalue weighted by molar-refractivity contribution is 0.0835. The predicted octanol–water partition coefficient (Wildman–Crippen LogP) is 1.54. The first-order chi connectivity index (χ1) is 8.17. The molecular formula is C12H20N4O. The van der Waals surface area contributed by atoms with Gasteiger partial charge in [-0.1, -0.05) is 6.92 Å². The quantitative estimate of drug-likeness (QED) is 0.723. The third-order valence-electron chi connectivity index (χ3n) is 2.85. The third kappa shape index (κ3) is 3.30. The van der Waals surface area contributed by atoms with Crippen molar-refractivity contribution < 1.29 is 5.11 Å². The van der Waals surface area contributed by atoms with Crippen molar-refractivity contribution in [3.63, 3.8) is 0 Å². The number of rotatable bonds is 5. The van der Waals surface area contributed by atoms with E-state index in [1.54, 1.807) is 0 Å². The van der Waals surface area contributed by atoms with Gasteiger partial charge in [0.2, 0.25) is 5.95 Å². The molecule has 1 aliphatic carbocycles. The lowest BCUT2D eigenvalue weighted by atomic mass is 9.89. The number of aliphatic hydroxyl groups excluding tert-OH is 1. The molecule has 1 aromatic rings. The van der Waals surface area contributed by atoms with Gasteiger partial charge in [-0.3, -0.25) is 0 Å². The lowest BCUT2D eigenvalue weighted by Gasteiger charge is -2.32. The van der Waals surface area contributed by atoms with E-state index in [2.05, 4.69) is 27.5 Å². The molecule has 0 aromatic carbocycles. The van der Waals surface area contributed by atoms with Crippen LogP contribution in [-0.4, -0.2) is 33.8 Å². The summed E-state index contributed by atoms with van der Waals surface area (Å²) < 4.78 is 0. The third-order valence-corrected chi connectivity index (χ3v) is 2.85. The Morgan fingerprint density at radius 1 is 1.41 bits per heavy atom. The van der Waals surface area contributed by atoms with Gasteiger partial charge in [-0.15, -0.1) is 0 Å². The van der Waals surface area contributed by atoms with Crippen LogP contribution in [0.1, 0.15) is 31.9 Å². The fraction of sp³-hybridized carbons (Fsp3) is 0.667. The Labute approximate surface area is 102 Å². The minimum absolute atomic E-state index is 0.145. The first-order valence-electron chi connectivity index (χ1n) is 6.21. The summed E-state index contributed by atoms with van der Waals surface area (Å²) in [5.41, 5.74) is 0.945. The second-order valence-corrected chi connectivity index (χ2v) is 4.61. The van der Waals surface area contributed by atoms with E-state index in [-0.39, 0.29) is 6.10 Å². The molecule has 1 aromatic heterocycles. The predicted molar refractivity (Wildman–Crippen MR) is 68.2 cm³/mol. The van der Waals surface area contributed by atoms with Crippen LogP contribution in [-0.2, 0) is 0 Å². The van der Waals surface area contributed by atoms with Crippen LogP contribution in [0.3, 0.4) is 0 Å². The van der Waals surface area contributed by atoms with Gasteiger partial charge in [0, 0.05) is 24.3 Å². The van der Waals surface area contributed by atoms with Gasteiger partial charge in [-0.05, 0) is 26.2 Å². The maximum atomic E-state index is 9.24. The SMILES string of the molecule is CCCNc1nc(C)cc(NC2CC(O)C2)n1. The first-order valence-corrected chi connectivity index (χ1v) is 6.21. The molecular weight excluding hydrogens is 216 g/mol. The summed E-state index contributed by atoms with van der Waals surface area (Å²) in [5.74, 6) is 1.52. The van der Waals surface area contributed by atoms with Gasteiger partial charge in [0.15, 0.2) is 0 Å². The molecule has 0 aliphatic heterocycles. The summed E-state index contributed by atoms with van der Waals surface area (Å²) in [4.78, 5) is 8.73. The summed E-state index contributed by atoms with van der Waals surface area (Å²) >= 11 is 0. The van der Waals surface area contributed by atoms with Gasteiger partial charge >= 0.3 is 0 Å². The van der Waals surface area contributed by atoms with Crippen LogP contribution in [0.5, 0.6) is 0 Å². The second-order valence-electron chi connectivity index (χ2n) is 4.61. The van der Waals surface area contributed by atoms with Crippen LogP contribution in [0.4, 0.5) is 11.8 Å². The fourth-order valence-electron chi connectivity index (χ4n) is 1.87. The molecule has 0 radical (unpaired) electrons. The van der Waals surface area contributed by atoms with Gasteiger partial charge in [0.25, 0.3) is 0 Å². The number of anilines is 2. The van der Waals surface area contributed by atoms with Gasteiger partial charge in [0.05, 0.1) is 6.10 Å². The molecule has 1 heterocycles. The van der Waals surface area contributed by atoms with E-state index >= 15 is 0 Å². The van der Waals surface area contributed by atoms with Crippen molar-refractivity contribution in [3.05, 3.63) is 11.8 Å². The zero-order valence-corrected chi connectivity index (χ0v) is 10.4. The van der Waals surface area contributed by atoms with E-state index in [1.807, 2.05) is 13.0 Å². The highest BCUT2D eigenvalue weighted by Gasteiger charge is 2.27. The average Bonchev–Trinajstić information content (AvgIpc) is 2.23. The highest BCUT2D eigenvalue weighted by atomic mass is 16.3. The lowest BCUT2D eigenvalue weighted by Crippen LogP contribution is -2.39. The number of hydrogen-bond donors (Lipinski definition) is 3. The van der Waals surface area contributed by atoms with Gasteiger partial charge < -0.3 is 15.7 Å². The highest BCUT2D eigenvalue weighted by molar-refractivity contribution is 5.43. The summed E-state index contributed by atoms with van der Waals surface area (Å²) in [6.07, 6.45) is 2.52. The number of hydrogen-bond acceptors (Lipinski definition) is 5. The molecule has 5 nitrogen and oxygen atoms in total. The van der Waals surface area contributed by atoms with Crippen molar-refractivity contribution in [1.82, 2.24) is 9.97 Å². The molecule has 3 N–H and O–H groups in total. The summed E-state index contributed by atoms with van der Waals surface area (Å²) in [6.45, 7) is 4.95. The molecule has 0 spiro atoms. The van der Waals surface area contributed by atoms with Crippen molar-refractivity contribution in [3.8, 4) is 0 Å². The number of nitrogens with zero attached hydrogens (tertiary/aromatic N) is 2. The minimum Gasteiger partial charge on any atom is -0.393 e. The van der Waals surface area contributed by atoms with Crippen LogP contribution >= 0.6 is 0 Å². The molecule has 94 valence electrons. The van der Waals surface area contributed by atoms with Crippen molar-refractivity contribution in [2.45, 2.75) is 45.3 Å². The average molecular weight is 236 g/mol. The second kappa shape index (κ2) is 5.31. The zero-order valence-electron chi connectivity index (χ0n) is 10.4. The molecule has 0 saturated heterocycles. The fourth-order valence-corrected chi connectivity index (χ4v) is 1.87. The van der Waals surface area contributed by atoms with Gasteiger partial charge in [0.1, 0.15) is 5.82 Å². The zero-order chi connectivity index (χ0) is 12.3. The van der Waals surface area contributed by atoms with Crippen molar-refractivity contribution >= 4 is 11.8 Å². The standard InChI is InChI=1S/C12H20N4O/c1-3-4-13-12-14-8(2)5-11(16-12)15-9-6-10(17)7-9/h5,9-10,17H,3-4,6-7H2,1-2H3,(H2,13,14,15,16). The number of aryl methyl sites for hydroxylation is 1. The van der Waals surface area contributed by atoms with E-state index in [0.29, 0.717) is 12.0 Å². The Morgan fingerprint density at radius 3 is 2.82 bits per heavy atom. The Kier molecular flexibility index (Phi) is 3.78. The summed E-state index contributed by atoms with van der Waals surface area (Å²) in [5, 5.41) is 15.7. The summed E-state index contributed by atoms with van der Waals surface area (Å²) in [7, 11) is 0. The molecule has 2 rings (SSSR count). The Morgan fingerprint density at radius 2 is 2.18 bits per heavy atom. The van der Waals surface area contributed by atoms with Crippen LogP contribution in [0.2, 0.25) is 0 Å². The molecule has 1 fully saturated rings. The van der Waals surface area contributed by atoms with E-state index < -0.39 is 0 Å². The van der Waals surface area contributed by atoms with E-state index in [4.69, 9.17) is 0 Å². The number of aliphatic hydroxyl groups is 1. The topological polar surface area (TPSA) is 70.1 Å². The monoisotopic (exact) mass is 236 g/mol. The molecule has 1 saturated carbocycles. The molecule has 0 amide bonds. The van der Waals surface area contributed by atoms with Crippen LogP contribution in [0, 0.1) is 6.92 Å². The maximum absolute atomic E-state index is 9.24. The number of nitrogens with one attached hydrogen (secondary N) is 2. The largest absolute Gasteiger partial charge is 0.393 e. The smallest absolute Gasteiger partial charge is 0.224 e. The first kappa shape index (κ1) is 12.1. The molecule has 0 atom stereocenters. The van der Waals surface area contributed by atoms with Crippen molar-refractivity contribution in [2.75, 3.05) is 17.2 Å². The van der Waals surface area contributed by atoms with Gasteiger partial charge in [-0.2, -0.15) is 4.98 Å². The van der Waals surface area contributed by atoms with Crippen molar-refractivity contribution in [2.24, 2.45) is 0 Å². The van der Waals surface area contributed by atoms with Crippen LogP contribution < -0.4 is 10.6 Å². The van der Waals surface area contributed by atoms with Crippen LogP contribution in [0.25, 0.3) is 0 Å². The maximum Gasteiger partial charge on any atom is 0.224 e. The molecule has 1 aliphatic rings.